The summed E-state index contributed by atoms with van der Waals surface area (Å²) in [6.07, 6.45) is 1.58. The Morgan fingerprint density at radius 1 is 1.53 bits per heavy atom. The summed E-state index contributed by atoms with van der Waals surface area (Å²) in [5.74, 6) is -1.21. The molecular weight excluding hydrogens is 275 g/mol. The van der Waals surface area contributed by atoms with Gasteiger partial charge in [-0.3, -0.25) is 14.9 Å². The topological polar surface area (TPSA) is 63.4 Å². The summed E-state index contributed by atoms with van der Waals surface area (Å²) in [5, 5.41) is 10.7. The van der Waals surface area contributed by atoms with Crippen molar-refractivity contribution in [3.8, 4) is 0 Å². The molecule has 102 valence electrons. The van der Waals surface area contributed by atoms with Crippen LogP contribution < -0.4 is 0 Å². The van der Waals surface area contributed by atoms with E-state index in [-0.39, 0.29) is 10.9 Å². The Morgan fingerprint density at radius 2 is 2.26 bits per heavy atom. The number of nitro benzene ring substituents is 1. The molecule has 1 aliphatic heterocycles. The van der Waals surface area contributed by atoms with E-state index in [0.29, 0.717) is 13.1 Å². The molecule has 1 amide bonds. The number of nitrogens with zero attached hydrogens (tertiary/aromatic N) is 2. The number of carbonyl (C=O) groups is 1. The van der Waals surface area contributed by atoms with Gasteiger partial charge in [0.1, 0.15) is 11.4 Å². The van der Waals surface area contributed by atoms with Gasteiger partial charge >= 0.3 is 0 Å². The van der Waals surface area contributed by atoms with Crippen LogP contribution in [0.25, 0.3) is 0 Å². The molecule has 1 unspecified atom stereocenters. The van der Waals surface area contributed by atoms with Crippen LogP contribution in [0.15, 0.2) is 18.2 Å². The third-order valence-electron chi connectivity index (χ3n) is 3.04. The lowest BCUT2D eigenvalue weighted by Crippen LogP contribution is -2.40. The molecule has 0 aliphatic carbocycles. The first-order valence-corrected chi connectivity index (χ1v) is 6.30. The third kappa shape index (κ3) is 3.01. The molecule has 1 aromatic carbocycles. The van der Waals surface area contributed by atoms with Crippen molar-refractivity contribution in [3.63, 3.8) is 0 Å². The Bertz CT molecular complexity index is 524. The monoisotopic (exact) mass is 286 g/mol. The van der Waals surface area contributed by atoms with E-state index in [1.807, 2.05) is 0 Å². The van der Waals surface area contributed by atoms with Crippen molar-refractivity contribution in [3.05, 3.63) is 39.7 Å². The van der Waals surface area contributed by atoms with Crippen LogP contribution in [0, 0.1) is 15.9 Å². The molecule has 0 bridgehead atoms. The molecule has 0 spiro atoms. The summed E-state index contributed by atoms with van der Waals surface area (Å²) < 4.78 is 13.0. The van der Waals surface area contributed by atoms with Crippen molar-refractivity contribution >= 4 is 23.2 Å². The molecule has 1 saturated heterocycles. The number of halogens is 2. The zero-order valence-corrected chi connectivity index (χ0v) is 10.8. The average Bonchev–Trinajstić information content (AvgIpc) is 2.37. The first-order chi connectivity index (χ1) is 8.99. The van der Waals surface area contributed by atoms with Gasteiger partial charge < -0.3 is 4.90 Å². The highest BCUT2D eigenvalue weighted by Gasteiger charge is 2.28. The summed E-state index contributed by atoms with van der Waals surface area (Å²) in [5.41, 5.74) is -0.612. The molecule has 0 aromatic heterocycles. The summed E-state index contributed by atoms with van der Waals surface area (Å²) in [4.78, 5) is 23.8. The smallest absolute Gasteiger partial charge is 0.285 e. The first kappa shape index (κ1) is 13.7. The number of alkyl halides is 1. The molecule has 19 heavy (non-hydrogen) atoms. The molecular formula is C12H12ClFN2O3. The number of carbonyl (C=O) groups excluding carboxylic acids is 1. The molecule has 2 rings (SSSR count). The SMILES string of the molecule is O=C(c1ccc(F)cc1[N+](=O)[O-])N1CCCC(Cl)C1. The number of benzene rings is 1. The Balaban J connectivity index is 2.30. The number of amides is 1. The molecule has 0 radical (unpaired) electrons. The molecule has 0 N–H and O–H groups in total. The van der Waals surface area contributed by atoms with Crippen LogP contribution in [-0.4, -0.2) is 34.2 Å². The van der Waals surface area contributed by atoms with Gasteiger partial charge in [0.05, 0.1) is 16.4 Å². The second-order valence-corrected chi connectivity index (χ2v) is 5.03. The lowest BCUT2D eigenvalue weighted by Gasteiger charge is -2.29. The van der Waals surface area contributed by atoms with Crippen molar-refractivity contribution in [1.29, 1.82) is 0 Å². The van der Waals surface area contributed by atoms with Crippen LogP contribution in [-0.2, 0) is 0 Å². The molecule has 7 heteroatoms. The van der Waals surface area contributed by atoms with Gasteiger partial charge in [-0.25, -0.2) is 4.39 Å². The third-order valence-corrected chi connectivity index (χ3v) is 3.39. The minimum absolute atomic E-state index is 0.0998. The fourth-order valence-corrected chi connectivity index (χ4v) is 2.44. The summed E-state index contributed by atoms with van der Waals surface area (Å²) in [7, 11) is 0. The van der Waals surface area contributed by atoms with E-state index in [2.05, 4.69) is 0 Å². The Labute approximate surface area is 114 Å². The van der Waals surface area contributed by atoms with E-state index in [1.54, 1.807) is 0 Å². The van der Waals surface area contributed by atoms with Crippen LogP contribution in [0.3, 0.4) is 0 Å². The fraction of sp³-hybridized carbons (Fsp3) is 0.417. The molecule has 1 aliphatic rings. The lowest BCUT2D eigenvalue weighted by molar-refractivity contribution is -0.385. The number of hydrogen-bond acceptors (Lipinski definition) is 3. The van der Waals surface area contributed by atoms with Crippen molar-refractivity contribution in [2.24, 2.45) is 0 Å². The van der Waals surface area contributed by atoms with Gasteiger partial charge in [0.2, 0.25) is 0 Å². The van der Waals surface area contributed by atoms with Gasteiger partial charge in [0, 0.05) is 13.1 Å². The second kappa shape index (κ2) is 5.52. The second-order valence-electron chi connectivity index (χ2n) is 4.41. The molecule has 5 nitrogen and oxygen atoms in total. The minimum atomic E-state index is -0.752. The summed E-state index contributed by atoms with van der Waals surface area (Å²) in [6.45, 7) is 0.867. The minimum Gasteiger partial charge on any atom is -0.337 e. The largest absolute Gasteiger partial charge is 0.337 e. The maximum atomic E-state index is 13.0. The maximum absolute atomic E-state index is 13.0. The molecule has 1 fully saturated rings. The van der Waals surface area contributed by atoms with Gasteiger partial charge in [-0.2, -0.15) is 0 Å². The van der Waals surface area contributed by atoms with E-state index in [9.17, 15) is 19.3 Å². The highest BCUT2D eigenvalue weighted by atomic mass is 35.5. The zero-order chi connectivity index (χ0) is 14.0. The van der Waals surface area contributed by atoms with Crippen LogP contribution >= 0.6 is 11.6 Å². The van der Waals surface area contributed by atoms with E-state index in [4.69, 9.17) is 11.6 Å². The molecule has 1 aromatic rings. The van der Waals surface area contributed by atoms with Crippen LogP contribution in [0.2, 0.25) is 0 Å². The van der Waals surface area contributed by atoms with Crippen LogP contribution in [0.4, 0.5) is 10.1 Å². The Kier molecular flexibility index (Phi) is 3.99. The van der Waals surface area contributed by atoms with Crippen molar-refractivity contribution in [2.45, 2.75) is 18.2 Å². The molecule has 1 heterocycles. The fourth-order valence-electron chi connectivity index (χ4n) is 2.12. The van der Waals surface area contributed by atoms with E-state index in [1.165, 1.54) is 4.90 Å². The van der Waals surface area contributed by atoms with Crippen molar-refractivity contribution in [1.82, 2.24) is 4.90 Å². The summed E-state index contributed by atoms with van der Waals surface area (Å²) >= 11 is 5.98. The first-order valence-electron chi connectivity index (χ1n) is 5.86. The van der Waals surface area contributed by atoms with E-state index >= 15 is 0 Å². The number of likely N-dealkylation sites (tertiary alicyclic amines) is 1. The predicted molar refractivity (Wildman–Crippen MR) is 67.8 cm³/mol. The van der Waals surface area contributed by atoms with E-state index in [0.717, 1.165) is 31.0 Å². The number of piperidine rings is 1. The zero-order valence-electron chi connectivity index (χ0n) is 10.0. The van der Waals surface area contributed by atoms with Gasteiger partial charge in [0.15, 0.2) is 0 Å². The predicted octanol–water partition coefficient (Wildman–Crippen LogP) is 2.58. The maximum Gasteiger partial charge on any atom is 0.285 e. The normalized spacial score (nSPS) is 19.3. The van der Waals surface area contributed by atoms with Crippen molar-refractivity contribution < 1.29 is 14.1 Å². The highest BCUT2D eigenvalue weighted by molar-refractivity contribution is 6.21. The summed E-state index contributed by atoms with van der Waals surface area (Å²) in [6, 6.07) is 2.95. The molecule has 1 atom stereocenters. The van der Waals surface area contributed by atoms with Crippen molar-refractivity contribution in [2.75, 3.05) is 13.1 Å². The Morgan fingerprint density at radius 3 is 2.89 bits per heavy atom. The van der Waals surface area contributed by atoms with Crippen LogP contribution in [0.1, 0.15) is 23.2 Å². The van der Waals surface area contributed by atoms with Gasteiger partial charge in [-0.1, -0.05) is 0 Å². The lowest BCUT2D eigenvalue weighted by atomic mass is 10.1. The van der Waals surface area contributed by atoms with Gasteiger partial charge in [-0.05, 0) is 25.0 Å². The quantitative estimate of drug-likeness (QED) is 0.477. The number of nitro groups is 1. The van der Waals surface area contributed by atoms with Crippen LogP contribution in [0.5, 0.6) is 0 Å². The standard InChI is InChI=1S/C12H12ClFN2O3/c13-8-2-1-5-15(7-8)12(17)10-4-3-9(14)6-11(10)16(18)19/h3-4,6,8H,1-2,5,7H2. The molecule has 0 saturated carbocycles. The average molecular weight is 287 g/mol. The number of rotatable bonds is 2. The van der Waals surface area contributed by atoms with Gasteiger partial charge in [-0.15, -0.1) is 11.6 Å². The van der Waals surface area contributed by atoms with E-state index < -0.39 is 22.3 Å². The van der Waals surface area contributed by atoms with Gasteiger partial charge in [0.25, 0.3) is 11.6 Å². The number of hydrogen-bond donors (Lipinski definition) is 0. The highest BCUT2D eigenvalue weighted by Crippen LogP contribution is 2.24. The Hall–Kier alpha value is -1.69.